The average molecular weight is 276 g/mol. The predicted octanol–water partition coefficient (Wildman–Crippen LogP) is 2.37. The Kier molecular flexibility index (Phi) is 5.09. The van der Waals surface area contributed by atoms with Crippen LogP contribution in [0.2, 0.25) is 0 Å². The Bertz CT molecular complexity index is 621. The molecule has 1 heterocycles. The fourth-order valence-electron chi connectivity index (χ4n) is 2.06. The van der Waals surface area contributed by atoms with Gasteiger partial charge >= 0.3 is 0 Å². The minimum absolute atomic E-state index is 0.0668. The molecule has 0 fully saturated rings. The molecular formula is C15H20N2O3. The molecular weight excluding hydrogens is 256 g/mol. The van der Waals surface area contributed by atoms with Gasteiger partial charge < -0.3 is 5.11 Å². The van der Waals surface area contributed by atoms with Gasteiger partial charge in [0.25, 0.3) is 5.56 Å². The van der Waals surface area contributed by atoms with Crippen LogP contribution in [0.1, 0.15) is 55.1 Å². The number of nitriles is 1. The molecule has 0 aliphatic carbocycles. The third-order valence-corrected chi connectivity index (χ3v) is 3.31. The third kappa shape index (κ3) is 2.74. The van der Waals surface area contributed by atoms with Crippen molar-refractivity contribution in [3.05, 3.63) is 27.0 Å². The Labute approximate surface area is 118 Å². The van der Waals surface area contributed by atoms with Crippen molar-refractivity contribution < 1.29 is 9.90 Å². The number of Topliss-reactive ketones (excluding diaryl/α,β-unsaturated/α-hetero) is 1. The van der Waals surface area contributed by atoms with Gasteiger partial charge in [0.15, 0.2) is 5.78 Å². The van der Waals surface area contributed by atoms with Crippen molar-refractivity contribution in [2.24, 2.45) is 5.92 Å². The number of unbranched alkanes of at least 4 members (excludes halogenated alkanes) is 1. The number of nitrogens with zero attached hydrogens (tertiary/aromatic N) is 2. The Morgan fingerprint density at radius 2 is 2.05 bits per heavy atom. The number of aromatic hydroxyl groups is 1. The number of rotatable bonds is 5. The first kappa shape index (κ1) is 16.0. The number of pyridine rings is 1. The molecule has 0 aliphatic heterocycles. The van der Waals surface area contributed by atoms with Gasteiger partial charge in [0.2, 0.25) is 5.88 Å². The molecule has 1 aromatic heterocycles. The molecule has 0 unspecified atom stereocenters. The number of hydrogen-bond acceptors (Lipinski definition) is 4. The number of carbonyl (C=O) groups excluding carboxylic acids is 1. The van der Waals surface area contributed by atoms with E-state index in [1.54, 1.807) is 13.8 Å². The van der Waals surface area contributed by atoms with E-state index >= 15 is 0 Å². The summed E-state index contributed by atoms with van der Waals surface area (Å²) in [5, 5.41) is 19.4. The fourth-order valence-corrected chi connectivity index (χ4v) is 2.06. The van der Waals surface area contributed by atoms with Crippen molar-refractivity contribution in [2.45, 2.75) is 47.1 Å². The number of hydrogen-bond donors (Lipinski definition) is 1. The summed E-state index contributed by atoms with van der Waals surface area (Å²) in [6, 6.07) is 1.85. The molecule has 0 bridgehead atoms. The van der Waals surface area contributed by atoms with Crippen molar-refractivity contribution in [3.63, 3.8) is 0 Å². The third-order valence-electron chi connectivity index (χ3n) is 3.31. The minimum atomic E-state index is -0.531. The summed E-state index contributed by atoms with van der Waals surface area (Å²) in [7, 11) is 0. The zero-order chi connectivity index (χ0) is 15.4. The van der Waals surface area contributed by atoms with E-state index < -0.39 is 5.56 Å². The van der Waals surface area contributed by atoms with E-state index in [1.807, 2.05) is 13.0 Å². The quantitative estimate of drug-likeness (QED) is 0.837. The lowest BCUT2D eigenvalue weighted by Gasteiger charge is -2.16. The lowest BCUT2D eigenvalue weighted by molar-refractivity contribution is 0.0934. The van der Waals surface area contributed by atoms with Crippen LogP contribution in [0.3, 0.4) is 0 Å². The molecule has 1 aromatic rings. The number of aromatic nitrogens is 1. The van der Waals surface area contributed by atoms with Crippen LogP contribution in [0.25, 0.3) is 0 Å². The van der Waals surface area contributed by atoms with E-state index in [2.05, 4.69) is 0 Å². The molecule has 5 nitrogen and oxygen atoms in total. The van der Waals surface area contributed by atoms with Crippen LogP contribution in [0.5, 0.6) is 5.88 Å². The second-order valence-electron chi connectivity index (χ2n) is 5.14. The summed E-state index contributed by atoms with van der Waals surface area (Å²) in [6.07, 6.45) is 1.53. The first-order valence-corrected chi connectivity index (χ1v) is 6.77. The molecule has 1 N–H and O–H groups in total. The highest BCUT2D eigenvalue weighted by molar-refractivity contribution is 6.01. The van der Waals surface area contributed by atoms with Crippen molar-refractivity contribution in [2.75, 3.05) is 0 Å². The second kappa shape index (κ2) is 6.38. The molecule has 0 spiro atoms. The molecule has 0 saturated carbocycles. The van der Waals surface area contributed by atoms with Crippen molar-refractivity contribution in [1.29, 1.82) is 5.26 Å². The normalized spacial score (nSPS) is 10.6. The van der Waals surface area contributed by atoms with Gasteiger partial charge in [-0.3, -0.25) is 14.2 Å². The van der Waals surface area contributed by atoms with Gasteiger partial charge in [0.05, 0.1) is 5.56 Å². The summed E-state index contributed by atoms with van der Waals surface area (Å²) in [5.74, 6) is -0.899. The molecule has 0 atom stereocenters. The van der Waals surface area contributed by atoms with Crippen molar-refractivity contribution in [1.82, 2.24) is 4.57 Å². The van der Waals surface area contributed by atoms with Gasteiger partial charge in [-0.2, -0.15) is 5.26 Å². The van der Waals surface area contributed by atoms with Crippen LogP contribution in [0.15, 0.2) is 4.79 Å². The Morgan fingerprint density at radius 3 is 2.50 bits per heavy atom. The summed E-state index contributed by atoms with van der Waals surface area (Å²) in [4.78, 5) is 24.4. The predicted molar refractivity (Wildman–Crippen MR) is 75.9 cm³/mol. The van der Waals surface area contributed by atoms with Gasteiger partial charge in [-0.1, -0.05) is 27.2 Å². The average Bonchev–Trinajstić information content (AvgIpc) is 2.38. The minimum Gasteiger partial charge on any atom is -0.494 e. The van der Waals surface area contributed by atoms with E-state index in [-0.39, 0.29) is 34.3 Å². The standard InChI is InChI=1S/C15H20N2O3/c1-5-6-7-17-14(19)11(8-16)10(4)12(15(17)20)13(18)9(2)3/h9,20H,5-7H2,1-4H3. The maximum atomic E-state index is 12.2. The fraction of sp³-hybridized carbons (Fsp3) is 0.533. The topological polar surface area (TPSA) is 83.1 Å². The van der Waals surface area contributed by atoms with E-state index in [0.717, 1.165) is 11.0 Å². The van der Waals surface area contributed by atoms with Gasteiger partial charge in [-0.15, -0.1) is 0 Å². The summed E-state index contributed by atoms with van der Waals surface area (Å²) >= 11 is 0. The summed E-state index contributed by atoms with van der Waals surface area (Å²) in [6.45, 7) is 7.22. The second-order valence-corrected chi connectivity index (χ2v) is 5.14. The van der Waals surface area contributed by atoms with Crippen molar-refractivity contribution >= 4 is 5.78 Å². The van der Waals surface area contributed by atoms with Gasteiger partial charge in [0.1, 0.15) is 11.6 Å². The summed E-state index contributed by atoms with van der Waals surface area (Å²) < 4.78 is 1.13. The van der Waals surface area contributed by atoms with Crippen LogP contribution in [-0.4, -0.2) is 15.5 Å². The zero-order valence-electron chi connectivity index (χ0n) is 12.4. The van der Waals surface area contributed by atoms with Gasteiger partial charge in [0, 0.05) is 12.5 Å². The lowest BCUT2D eigenvalue weighted by Crippen LogP contribution is -2.27. The highest BCUT2D eigenvalue weighted by Gasteiger charge is 2.25. The Hall–Kier alpha value is -2.09. The van der Waals surface area contributed by atoms with Gasteiger partial charge in [-0.25, -0.2) is 0 Å². The maximum absolute atomic E-state index is 12.2. The molecule has 0 aliphatic rings. The zero-order valence-corrected chi connectivity index (χ0v) is 12.4. The van der Waals surface area contributed by atoms with E-state index in [4.69, 9.17) is 5.26 Å². The largest absolute Gasteiger partial charge is 0.494 e. The number of ketones is 1. The molecule has 20 heavy (non-hydrogen) atoms. The first-order chi connectivity index (χ1) is 9.36. The molecule has 0 aromatic carbocycles. The van der Waals surface area contributed by atoms with Crippen LogP contribution in [0.4, 0.5) is 0 Å². The van der Waals surface area contributed by atoms with Crippen LogP contribution < -0.4 is 5.56 Å². The smallest absolute Gasteiger partial charge is 0.271 e. The highest BCUT2D eigenvalue weighted by Crippen LogP contribution is 2.25. The molecule has 108 valence electrons. The molecule has 0 saturated heterocycles. The molecule has 0 radical (unpaired) electrons. The van der Waals surface area contributed by atoms with Crippen LogP contribution in [-0.2, 0) is 6.54 Å². The van der Waals surface area contributed by atoms with E-state index in [9.17, 15) is 14.7 Å². The SMILES string of the molecule is CCCCn1c(O)c(C(=O)C(C)C)c(C)c(C#N)c1=O. The van der Waals surface area contributed by atoms with Crippen molar-refractivity contribution in [3.8, 4) is 11.9 Å². The van der Waals surface area contributed by atoms with E-state index in [0.29, 0.717) is 13.0 Å². The summed E-state index contributed by atoms with van der Waals surface area (Å²) in [5.41, 5.74) is -0.243. The number of carbonyl (C=O) groups is 1. The monoisotopic (exact) mass is 276 g/mol. The maximum Gasteiger partial charge on any atom is 0.271 e. The van der Waals surface area contributed by atoms with Crippen LogP contribution >= 0.6 is 0 Å². The lowest BCUT2D eigenvalue weighted by atomic mass is 9.95. The Balaban J connectivity index is 3.64. The molecule has 0 amide bonds. The van der Waals surface area contributed by atoms with Gasteiger partial charge in [-0.05, 0) is 18.9 Å². The van der Waals surface area contributed by atoms with Crippen LogP contribution in [0, 0.1) is 24.2 Å². The molecule has 5 heteroatoms. The Morgan fingerprint density at radius 1 is 1.45 bits per heavy atom. The first-order valence-electron chi connectivity index (χ1n) is 6.77. The highest BCUT2D eigenvalue weighted by atomic mass is 16.3. The van der Waals surface area contributed by atoms with E-state index in [1.165, 1.54) is 6.92 Å². The molecule has 1 rings (SSSR count).